The minimum absolute atomic E-state index is 0.136. The zero-order chi connectivity index (χ0) is 18.1. The van der Waals surface area contributed by atoms with Gasteiger partial charge in [0.1, 0.15) is 12.4 Å². The third-order valence-corrected chi connectivity index (χ3v) is 3.46. The lowest BCUT2D eigenvalue weighted by Crippen LogP contribution is -2.32. The van der Waals surface area contributed by atoms with Gasteiger partial charge in [-0.15, -0.1) is 0 Å². The lowest BCUT2D eigenvalue weighted by atomic mass is 10.1. The van der Waals surface area contributed by atoms with Gasteiger partial charge in [-0.2, -0.15) is 0 Å². The Morgan fingerprint density at radius 2 is 1.84 bits per heavy atom. The molecule has 0 aliphatic heterocycles. The van der Waals surface area contributed by atoms with Gasteiger partial charge < -0.3 is 20.7 Å². The Labute approximate surface area is 147 Å². The quantitative estimate of drug-likeness (QED) is 0.675. The zero-order valence-corrected chi connectivity index (χ0v) is 14.5. The minimum Gasteiger partial charge on any atom is -0.492 e. The summed E-state index contributed by atoms with van der Waals surface area (Å²) in [6, 6.07) is 14.5. The van der Waals surface area contributed by atoms with E-state index >= 15 is 0 Å². The molecule has 3 amide bonds. The molecule has 2 aromatic carbocycles. The highest BCUT2D eigenvalue weighted by Gasteiger charge is 2.05. The molecule has 25 heavy (non-hydrogen) atoms. The number of aryl methyl sites for hydroxylation is 1. The SMILES string of the molecule is CCc1ccccc1NC(=O)NCCOc1cccc(NC(C)=O)c1. The highest BCUT2D eigenvalue weighted by molar-refractivity contribution is 5.90. The molecule has 6 nitrogen and oxygen atoms in total. The maximum absolute atomic E-state index is 11.9. The van der Waals surface area contributed by atoms with Gasteiger partial charge in [0.25, 0.3) is 0 Å². The fourth-order valence-electron chi connectivity index (χ4n) is 2.32. The Bertz CT molecular complexity index is 731. The third-order valence-electron chi connectivity index (χ3n) is 3.46. The first-order valence-corrected chi connectivity index (χ1v) is 8.21. The molecule has 0 bridgehead atoms. The van der Waals surface area contributed by atoms with Gasteiger partial charge in [0, 0.05) is 24.4 Å². The lowest BCUT2D eigenvalue weighted by molar-refractivity contribution is -0.114. The fraction of sp³-hybridized carbons (Fsp3) is 0.263. The number of ether oxygens (including phenoxy) is 1. The van der Waals surface area contributed by atoms with E-state index in [9.17, 15) is 9.59 Å². The van der Waals surface area contributed by atoms with E-state index in [1.54, 1.807) is 24.3 Å². The Hall–Kier alpha value is -3.02. The number of carbonyl (C=O) groups excluding carboxylic acids is 2. The second-order valence-corrected chi connectivity index (χ2v) is 5.45. The van der Waals surface area contributed by atoms with Crippen molar-refractivity contribution in [3.63, 3.8) is 0 Å². The highest BCUT2D eigenvalue weighted by atomic mass is 16.5. The fourth-order valence-corrected chi connectivity index (χ4v) is 2.32. The summed E-state index contributed by atoms with van der Waals surface area (Å²) in [5, 5.41) is 8.29. The summed E-state index contributed by atoms with van der Waals surface area (Å²) in [7, 11) is 0. The Morgan fingerprint density at radius 1 is 1.04 bits per heavy atom. The third kappa shape index (κ3) is 6.18. The zero-order valence-electron chi connectivity index (χ0n) is 14.5. The topological polar surface area (TPSA) is 79.5 Å². The molecule has 0 heterocycles. The number of anilines is 2. The average molecular weight is 341 g/mol. The molecule has 0 aliphatic rings. The molecule has 132 valence electrons. The van der Waals surface area contributed by atoms with Crippen molar-refractivity contribution in [2.75, 3.05) is 23.8 Å². The van der Waals surface area contributed by atoms with Crippen LogP contribution in [0.15, 0.2) is 48.5 Å². The van der Waals surface area contributed by atoms with E-state index in [1.807, 2.05) is 31.2 Å². The van der Waals surface area contributed by atoms with Crippen molar-refractivity contribution in [2.45, 2.75) is 20.3 Å². The van der Waals surface area contributed by atoms with Crippen molar-refractivity contribution in [1.82, 2.24) is 5.32 Å². The van der Waals surface area contributed by atoms with Crippen molar-refractivity contribution < 1.29 is 14.3 Å². The number of nitrogens with one attached hydrogen (secondary N) is 3. The summed E-state index contributed by atoms with van der Waals surface area (Å²) < 4.78 is 5.58. The molecule has 0 aromatic heterocycles. The largest absolute Gasteiger partial charge is 0.492 e. The van der Waals surface area contributed by atoms with Gasteiger partial charge in [0.05, 0.1) is 6.54 Å². The van der Waals surface area contributed by atoms with Crippen molar-refractivity contribution in [3.05, 3.63) is 54.1 Å². The van der Waals surface area contributed by atoms with Crippen molar-refractivity contribution in [1.29, 1.82) is 0 Å². The molecule has 0 spiro atoms. The normalized spacial score (nSPS) is 10.0. The Balaban J connectivity index is 1.75. The smallest absolute Gasteiger partial charge is 0.319 e. The van der Waals surface area contributed by atoms with Crippen LogP contribution in [0.2, 0.25) is 0 Å². The van der Waals surface area contributed by atoms with Gasteiger partial charge in [-0.1, -0.05) is 31.2 Å². The van der Waals surface area contributed by atoms with Crippen LogP contribution in [-0.4, -0.2) is 25.1 Å². The Morgan fingerprint density at radius 3 is 2.60 bits per heavy atom. The molecule has 0 aliphatic carbocycles. The van der Waals surface area contributed by atoms with Crippen LogP contribution >= 0.6 is 0 Å². The molecule has 3 N–H and O–H groups in total. The minimum atomic E-state index is -0.267. The van der Waals surface area contributed by atoms with Crippen LogP contribution in [0.3, 0.4) is 0 Å². The molecule has 2 rings (SSSR count). The summed E-state index contributed by atoms with van der Waals surface area (Å²) in [6.45, 7) is 4.19. The first kappa shape index (κ1) is 18.3. The first-order chi connectivity index (χ1) is 12.1. The van der Waals surface area contributed by atoms with Crippen LogP contribution in [0.5, 0.6) is 5.75 Å². The number of amides is 3. The molecular formula is C19H23N3O3. The summed E-state index contributed by atoms with van der Waals surface area (Å²) in [6.07, 6.45) is 0.851. The molecule has 0 saturated heterocycles. The molecule has 2 aromatic rings. The highest BCUT2D eigenvalue weighted by Crippen LogP contribution is 2.17. The predicted octanol–water partition coefficient (Wildman–Crippen LogP) is 3.41. The van der Waals surface area contributed by atoms with E-state index in [0.717, 1.165) is 17.7 Å². The number of para-hydroxylation sites is 1. The molecule has 6 heteroatoms. The van der Waals surface area contributed by atoms with Crippen molar-refractivity contribution >= 4 is 23.3 Å². The number of hydrogen-bond donors (Lipinski definition) is 3. The maximum atomic E-state index is 11.9. The summed E-state index contributed by atoms with van der Waals surface area (Å²) in [4.78, 5) is 23.0. The molecule has 0 atom stereocenters. The number of benzene rings is 2. The second kappa shape index (κ2) is 9.32. The van der Waals surface area contributed by atoms with E-state index in [4.69, 9.17) is 4.74 Å². The second-order valence-electron chi connectivity index (χ2n) is 5.45. The maximum Gasteiger partial charge on any atom is 0.319 e. The monoisotopic (exact) mass is 341 g/mol. The summed E-state index contributed by atoms with van der Waals surface area (Å²) >= 11 is 0. The van der Waals surface area contributed by atoms with Crippen LogP contribution in [0.25, 0.3) is 0 Å². The molecule has 0 unspecified atom stereocenters. The average Bonchev–Trinajstić information content (AvgIpc) is 2.59. The number of rotatable bonds is 7. The van der Waals surface area contributed by atoms with Crippen LogP contribution in [0.1, 0.15) is 19.4 Å². The molecule has 0 radical (unpaired) electrons. The van der Waals surface area contributed by atoms with Crippen molar-refractivity contribution in [3.8, 4) is 5.75 Å². The van der Waals surface area contributed by atoms with E-state index in [1.165, 1.54) is 6.92 Å². The number of urea groups is 1. The van der Waals surface area contributed by atoms with E-state index in [0.29, 0.717) is 24.6 Å². The standard InChI is InChI=1S/C19H23N3O3/c1-3-15-7-4-5-10-18(15)22-19(24)20-11-12-25-17-9-6-8-16(13-17)21-14(2)23/h4-10,13H,3,11-12H2,1-2H3,(H,21,23)(H2,20,22,24). The van der Waals surface area contributed by atoms with Crippen LogP contribution in [-0.2, 0) is 11.2 Å². The van der Waals surface area contributed by atoms with Crippen molar-refractivity contribution in [2.24, 2.45) is 0 Å². The van der Waals surface area contributed by atoms with E-state index in [-0.39, 0.29) is 11.9 Å². The van der Waals surface area contributed by atoms with E-state index < -0.39 is 0 Å². The van der Waals surface area contributed by atoms with Crippen LogP contribution in [0, 0.1) is 0 Å². The van der Waals surface area contributed by atoms with Gasteiger partial charge in [-0.05, 0) is 30.2 Å². The lowest BCUT2D eigenvalue weighted by Gasteiger charge is -2.12. The van der Waals surface area contributed by atoms with Gasteiger partial charge in [0.15, 0.2) is 0 Å². The number of hydrogen-bond acceptors (Lipinski definition) is 3. The molecular weight excluding hydrogens is 318 g/mol. The van der Waals surface area contributed by atoms with Gasteiger partial charge >= 0.3 is 6.03 Å². The van der Waals surface area contributed by atoms with Crippen LogP contribution in [0.4, 0.5) is 16.2 Å². The van der Waals surface area contributed by atoms with Gasteiger partial charge in [-0.25, -0.2) is 4.79 Å². The Kier molecular flexibility index (Phi) is 6.83. The number of carbonyl (C=O) groups is 2. The summed E-state index contributed by atoms with van der Waals surface area (Å²) in [5.41, 5.74) is 2.57. The molecule has 0 saturated carbocycles. The van der Waals surface area contributed by atoms with E-state index in [2.05, 4.69) is 16.0 Å². The van der Waals surface area contributed by atoms with Crippen LogP contribution < -0.4 is 20.7 Å². The summed E-state index contributed by atoms with van der Waals surface area (Å²) in [5.74, 6) is 0.493. The first-order valence-electron chi connectivity index (χ1n) is 8.21. The predicted molar refractivity (Wildman–Crippen MR) is 99.1 cm³/mol. The molecule has 0 fully saturated rings. The van der Waals surface area contributed by atoms with Gasteiger partial charge in [-0.3, -0.25) is 4.79 Å². The van der Waals surface area contributed by atoms with Gasteiger partial charge in [0.2, 0.25) is 5.91 Å².